The maximum atomic E-state index is 15.1. The molecule has 1 N–H and O–H groups in total. The number of hydrogen-bond acceptors (Lipinski definition) is 6. The van der Waals surface area contributed by atoms with Gasteiger partial charge in [0.1, 0.15) is 6.61 Å². The van der Waals surface area contributed by atoms with Crippen molar-refractivity contribution in [1.82, 2.24) is 15.0 Å². The van der Waals surface area contributed by atoms with Gasteiger partial charge in [-0.25, -0.2) is 19.2 Å². The lowest BCUT2D eigenvalue weighted by Gasteiger charge is -2.12. The number of hydrogen-bond donors (Lipinski definition) is 1. The van der Waals surface area contributed by atoms with Gasteiger partial charge in [0.25, 0.3) is 0 Å². The highest BCUT2D eigenvalue weighted by Crippen LogP contribution is 2.28. The molecule has 0 unspecified atom stereocenters. The lowest BCUT2D eigenvalue weighted by Crippen LogP contribution is -2.09. The Morgan fingerprint density at radius 2 is 1.90 bits per heavy atom. The average Bonchev–Trinajstić information content (AvgIpc) is 2.75. The molecule has 152 valence electrons. The first-order valence-electron chi connectivity index (χ1n) is 9.25. The van der Waals surface area contributed by atoms with Crippen molar-refractivity contribution in [3.8, 4) is 5.88 Å². The van der Waals surface area contributed by atoms with Gasteiger partial charge in [-0.2, -0.15) is 0 Å². The van der Waals surface area contributed by atoms with Crippen LogP contribution in [-0.4, -0.2) is 46.4 Å². The fourth-order valence-corrected chi connectivity index (χ4v) is 3.28. The maximum absolute atomic E-state index is 15.1. The van der Waals surface area contributed by atoms with E-state index in [2.05, 4.69) is 15.0 Å². The number of pyridine rings is 3. The van der Waals surface area contributed by atoms with Crippen LogP contribution in [0.2, 0.25) is 0 Å². The van der Waals surface area contributed by atoms with Gasteiger partial charge in [-0.15, -0.1) is 0 Å². The van der Waals surface area contributed by atoms with Crippen molar-refractivity contribution in [3.05, 3.63) is 71.3 Å². The fraction of sp³-hybridized carbons (Fsp3) is 0.182. The van der Waals surface area contributed by atoms with Crippen molar-refractivity contribution in [2.45, 2.75) is 6.42 Å². The highest BCUT2D eigenvalue weighted by atomic mass is 19.1. The largest absolute Gasteiger partial charge is 0.476 e. The Labute approximate surface area is 171 Å². The summed E-state index contributed by atoms with van der Waals surface area (Å²) in [5, 5.41) is 9.93. The van der Waals surface area contributed by atoms with Crippen LogP contribution in [0.15, 0.2) is 48.7 Å². The predicted molar refractivity (Wildman–Crippen MR) is 108 cm³/mol. The minimum Gasteiger partial charge on any atom is -0.476 e. The number of nitrogens with zero attached hydrogens (tertiary/aromatic N) is 3. The first-order valence-corrected chi connectivity index (χ1v) is 9.25. The number of fused-ring (bicyclic) bond motifs is 2. The number of aromatic nitrogens is 3. The van der Waals surface area contributed by atoms with E-state index in [9.17, 15) is 9.90 Å². The first kappa shape index (κ1) is 19.7. The van der Waals surface area contributed by atoms with Crippen molar-refractivity contribution in [2.75, 3.05) is 20.3 Å². The van der Waals surface area contributed by atoms with Gasteiger partial charge in [-0.3, -0.25) is 4.98 Å². The Kier molecular flexibility index (Phi) is 5.49. The summed E-state index contributed by atoms with van der Waals surface area (Å²) < 4.78 is 25.7. The highest BCUT2D eigenvalue weighted by Gasteiger charge is 2.21. The number of para-hydroxylation sites is 1. The molecule has 0 saturated heterocycles. The van der Waals surface area contributed by atoms with Gasteiger partial charge in [0.15, 0.2) is 11.5 Å². The van der Waals surface area contributed by atoms with Gasteiger partial charge in [-0.05, 0) is 23.8 Å². The van der Waals surface area contributed by atoms with Crippen molar-refractivity contribution in [1.29, 1.82) is 0 Å². The summed E-state index contributed by atoms with van der Waals surface area (Å²) in [7, 11) is 1.58. The Balaban J connectivity index is 1.82. The first-order chi connectivity index (χ1) is 14.6. The van der Waals surface area contributed by atoms with E-state index in [-0.39, 0.29) is 12.0 Å². The summed E-state index contributed by atoms with van der Waals surface area (Å²) >= 11 is 0. The molecule has 0 fully saturated rings. The molecule has 0 aliphatic heterocycles. The molecular weight excluding hydrogens is 389 g/mol. The van der Waals surface area contributed by atoms with Crippen LogP contribution >= 0.6 is 0 Å². The second-order valence-electron chi connectivity index (χ2n) is 6.58. The molecule has 8 heteroatoms. The standard InChI is InChI=1S/C22H18FN3O4/c1-29-10-11-30-18-7-6-17-20(26-18)13(8-9-24-17)12-15-14-4-2-3-5-16(14)25-21(19(15)23)22(27)28/h2-9H,10-12H2,1H3,(H,27,28). The van der Waals surface area contributed by atoms with Crippen LogP contribution in [0.3, 0.4) is 0 Å². The maximum Gasteiger partial charge on any atom is 0.357 e. The molecule has 0 amide bonds. The normalized spacial score (nSPS) is 11.1. The Bertz CT molecular complexity index is 1250. The third kappa shape index (κ3) is 3.77. The molecule has 4 rings (SSSR count). The van der Waals surface area contributed by atoms with Gasteiger partial charge < -0.3 is 14.6 Å². The average molecular weight is 407 g/mol. The number of carbonyl (C=O) groups is 1. The molecule has 0 spiro atoms. The van der Waals surface area contributed by atoms with Crippen molar-refractivity contribution >= 4 is 27.9 Å². The third-order valence-electron chi connectivity index (χ3n) is 4.68. The molecule has 0 atom stereocenters. The molecule has 7 nitrogen and oxygen atoms in total. The number of benzene rings is 1. The summed E-state index contributed by atoms with van der Waals surface area (Å²) in [4.78, 5) is 24.3. The third-order valence-corrected chi connectivity index (χ3v) is 4.68. The second-order valence-corrected chi connectivity index (χ2v) is 6.58. The number of rotatable bonds is 7. The molecule has 0 bridgehead atoms. The summed E-state index contributed by atoms with van der Waals surface area (Å²) in [6.07, 6.45) is 1.74. The van der Waals surface area contributed by atoms with E-state index in [1.54, 1.807) is 55.8 Å². The van der Waals surface area contributed by atoms with E-state index in [4.69, 9.17) is 9.47 Å². The van der Waals surface area contributed by atoms with E-state index in [0.717, 1.165) is 0 Å². The molecule has 1 aromatic carbocycles. The van der Waals surface area contributed by atoms with Crippen LogP contribution in [0.4, 0.5) is 4.39 Å². The number of ether oxygens (including phenoxy) is 2. The summed E-state index contributed by atoms with van der Waals surface area (Å²) in [6, 6.07) is 12.1. The second kappa shape index (κ2) is 8.38. The summed E-state index contributed by atoms with van der Waals surface area (Å²) in [6.45, 7) is 0.766. The SMILES string of the molecule is COCCOc1ccc2nccc(Cc3c(F)c(C(=O)O)nc4ccccc34)c2n1. The smallest absolute Gasteiger partial charge is 0.357 e. The van der Waals surface area contributed by atoms with Gasteiger partial charge in [0.2, 0.25) is 5.88 Å². The topological polar surface area (TPSA) is 94.4 Å². The van der Waals surface area contributed by atoms with Crippen LogP contribution in [0, 0.1) is 5.82 Å². The lowest BCUT2D eigenvalue weighted by atomic mass is 9.98. The zero-order valence-corrected chi connectivity index (χ0v) is 16.1. The van der Waals surface area contributed by atoms with E-state index in [0.29, 0.717) is 46.6 Å². The number of carboxylic acids is 1. The van der Waals surface area contributed by atoms with Crippen molar-refractivity contribution in [3.63, 3.8) is 0 Å². The zero-order chi connectivity index (χ0) is 21.1. The highest BCUT2D eigenvalue weighted by molar-refractivity contribution is 5.92. The molecule has 30 heavy (non-hydrogen) atoms. The molecule has 0 aliphatic rings. The molecule has 3 aromatic heterocycles. The van der Waals surface area contributed by atoms with Crippen molar-refractivity contribution < 1.29 is 23.8 Å². The minimum atomic E-state index is -1.41. The van der Waals surface area contributed by atoms with E-state index < -0.39 is 17.5 Å². The predicted octanol–water partition coefficient (Wildman–Crippen LogP) is 3.63. The van der Waals surface area contributed by atoms with E-state index in [1.807, 2.05) is 0 Å². The lowest BCUT2D eigenvalue weighted by molar-refractivity contribution is 0.0685. The molecule has 0 radical (unpaired) electrons. The van der Waals surface area contributed by atoms with Crippen LogP contribution < -0.4 is 4.74 Å². The summed E-state index contributed by atoms with van der Waals surface area (Å²) in [5.41, 5.74) is 1.95. The number of carboxylic acid groups (broad SMARTS) is 1. The van der Waals surface area contributed by atoms with Gasteiger partial charge in [0.05, 0.1) is 23.2 Å². The Morgan fingerprint density at radius 3 is 2.70 bits per heavy atom. The van der Waals surface area contributed by atoms with Crippen molar-refractivity contribution in [2.24, 2.45) is 0 Å². The van der Waals surface area contributed by atoms with Crippen LogP contribution in [0.1, 0.15) is 21.6 Å². The molecular formula is C22H18FN3O4. The van der Waals surface area contributed by atoms with Gasteiger partial charge >= 0.3 is 5.97 Å². The van der Waals surface area contributed by atoms with Crippen LogP contribution in [-0.2, 0) is 11.2 Å². The van der Waals surface area contributed by atoms with Gasteiger partial charge in [-0.1, -0.05) is 18.2 Å². The minimum absolute atomic E-state index is 0.128. The quantitative estimate of drug-likeness (QED) is 0.468. The summed E-state index contributed by atoms with van der Waals surface area (Å²) in [5.74, 6) is -1.86. The van der Waals surface area contributed by atoms with Crippen LogP contribution in [0.5, 0.6) is 5.88 Å². The number of aromatic carboxylic acids is 1. The van der Waals surface area contributed by atoms with Crippen LogP contribution in [0.25, 0.3) is 21.9 Å². The Morgan fingerprint density at radius 1 is 1.07 bits per heavy atom. The monoisotopic (exact) mass is 407 g/mol. The fourth-order valence-electron chi connectivity index (χ4n) is 3.28. The van der Waals surface area contributed by atoms with Gasteiger partial charge in [0, 0.05) is 36.7 Å². The Hall–Kier alpha value is -3.65. The zero-order valence-electron chi connectivity index (χ0n) is 16.1. The number of methoxy groups -OCH3 is 1. The van der Waals surface area contributed by atoms with E-state index >= 15 is 4.39 Å². The molecule has 0 saturated carbocycles. The number of halogens is 1. The molecule has 3 heterocycles. The molecule has 0 aliphatic carbocycles. The molecule has 4 aromatic rings. The van der Waals surface area contributed by atoms with E-state index in [1.165, 1.54) is 0 Å².